The molecular formula is C47H55Cl2N9O6. The molecule has 1 aliphatic carbocycles. The summed E-state index contributed by atoms with van der Waals surface area (Å²) in [7, 11) is 0. The average Bonchev–Trinajstić information content (AvgIpc) is 4.08. The molecule has 0 radical (unpaired) electrons. The molecule has 3 fully saturated rings. The highest BCUT2D eigenvalue weighted by Crippen LogP contribution is 2.41. The minimum Gasteiger partial charge on any atom is -0.491 e. The third-order valence-corrected chi connectivity index (χ3v) is 12.9. The van der Waals surface area contributed by atoms with Gasteiger partial charge in [-0.1, -0.05) is 55.5 Å². The van der Waals surface area contributed by atoms with Crippen molar-refractivity contribution >= 4 is 34.6 Å². The van der Waals surface area contributed by atoms with E-state index in [9.17, 15) is 14.8 Å². The number of aryl methyl sites for hydroxylation is 1. The van der Waals surface area contributed by atoms with Crippen LogP contribution in [0.25, 0.3) is 5.69 Å². The van der Waals surface area contributed by atoms with Gasteiger partial charge in [0, 0.05) is 60.1 Å². The first-order valence-electron chi connectivity index (χ1n) is 22.0. The van der Waals surface area contributed by atoms with E-state index in [4.69, 9.17) is 37.4 Å². The maximum atomic E-state index is 12.8. The van der Waals surface area contributed by atoms with E-state index >= 15 is 0 Å². The highest BCUT2D eigenvalue weighted by atomic mass is 35.5. The number of pyridine rings is 1. The third-order valence-electron chi connectivity index (χ3n) is 12.4. The Balaban J connectivity index is 0.000000315. The average molecular weight is 913 g/mol. The van der Waals surface area contributed by atoms with Crippen molar-refractivity contribution < 1.29 is 19.4 Å². The summed E-state index contributed by atoms with van der Waals surface area (Å²) in [5.41, 5.74) is 5.06. The first-order chi connectivity index (χ1) is 31.0. The Morgan fingerprint density at radius 1 is 0.859 bits per heavy atom. The van der Waals surface area contributed by atoms with E-state index in [1.54, 1.807) is 34.0 Å². The van der Waals surface area contributed by atoms with Gasteiger partial charge in [0.15, 0.2) is 0 Å². The van der Waals surface area contributed by atoms with Crippen LogP contribution < -0.4 is 25.8 Å². The van der Waals surface area contributed by atoms with Gasteiger partial charge in [0.25, 0.3) is 5.56 Å². The number of piperazine rings is 1. The highest BCUT2D eigenvalue weighted by molar-refractivity contribution is 6.35. The molecule has 0 amide bonds. The standard InChI is InChI=1S/C35H38Cl2N8O4.C12H17NO2/c1-3-25(2)45-34(46)44(24-40-45)29-7-5-27(6-8-29)41-14-16-42(17-15-41)28-9-11-30(12-10-28)47-19-31-20-48-35(49-31,21-43-23-38-22-39-43)32-13-4-26(36)18-33(32)37;1-9-7-11(13(15)12(14)8-9)10-5-3-2-4-6-10/h4-13,18,22-25,31H,3,14-17,19-21H2,1-2H3;7-8,10,15H,2-6H2,1H3. The summed E-state index contributed by atoms with van der Waals surface area (Å²) < 4.78 is 24.5. The normalized spacial score (nSPS) is 19.6. The molecule has 1 saturated carbocycles. The molecule has 338 valence electrons. The Bertz CT molecular complexity index is 2590. The predicted octanol–water partition coefficient (Wildman–Crippen LogP) is 8.02. The molecule has 64 heavy (non-hydrogen) atoms. The lowest BCUT2D eigenvalue weighted by atomic mass is 9.86. The molecule has 3 aromatic carbocycles. The number of hydrogen-bond acceptors (Lipinski definition) is 11. The summed E-state index contributed by atoms with van der Waals surface area (Å²) in [6, 6.07) is 25.0. The van der Waals surface area contributed by atoms with E-state index in [1.807, 2.05) is 57.2 Å². The molecule has 6 aromatic rings. The zero-order chi connectivity index (χ0) is 44.8. The van der Waals surface area contributed by atoms with Gasteiger partial charge in [-0.15, -0.1) is 0 Å². The van der Waals surface area contributed by atoms with Gasteiger partial charge in [-0.3, -0.25) is 4.79 Å². The molecule has 0 spiro atoms. The fourth-order valence-electron chi connectivity index (χ4n) is 8.65. The zero-order valence-corrected chi connectivity index (χ0v) is 37.9. The second kappa shape index (κ2) is 20.1. The summed E-state index contributed by atoms with van der Waals surface area (Å²) >= 11 is 12.7. The Morgan fingerprint density at radius 3 is 2.17 bits per heavy atom. The van der Waals surface area contributed by atoms with Crippen molar-refractivity contribution in [3.05, 3.63) is 146 Å². The Morgan fingerprint density at radius 2 is 1.53 bits per heavy atom. The smallest absolute Gasteiger partial charge is 0.350 e. The second-order valence-electron chi connectivity index (χ2n) is 16.7. The van der Waals surface area contributed by atoms with Gasteiger partial charge < -0.3 is 29.2 Å². The summed E-state index contributed by atoms with van der Waals surface area (Å²) in [5, 5.41) is 19.2. The Kier molecular flexibility index (Phi) is 14.1. The fraction of sp³-hybridized carbons (Fsp3) is 0.426. The summed E-state index contributed by atoms with van der Waals surface area (Å²) in [4.78, 5) is 33.0. The van der Waals surface area contributed by atoms with E-state index in [-0.39, 0.29) is 29.9 Å². The van der Waals surface area contributed by atoms with E-state index in [2.05, 4.69) is 49.2 Å². The van der Waals surface area contributed by atoms with Crippen molar-refractivity contribution in [3.63, 3.8) is 0 Å². The molecule has 2 saturated heterocycles. The predicted molar refractivity (Wildman–Crippen MR) is 247 cm³/mol. The van der Waals surface area contributed by atoms with Crippen molar-refractivity contribution in [1.82, 2.24) is 33.8 Å². The lowest BCUT2D eigenvalue weighted by Crippen LogP contribution is -2.46. The van der Waals surface area contributed by atoms with Crippen LogP contribution >= 0.6 is 23.2 Å². The third kappa shape index (κ3) is 10.2. The lowest BCUT2D eigenvalue weighted by molar-refractivity contribution is -0.190. The van der Waals surface area contributed by atoms with E-state index in [1.165, 1.54) is 36.3 Å². The molecule has 9 rings (SSSR count). The highest BCUT2D eigenvalue weighted by Gasteiger charge is 2.45. The van der Waals surface area contributed by atoms with Crippen molar-refractivity contribution in [2.24, 2.45) is 0 Å². The quantitative estimate of drug-likeness (QED) is 0.119. The molecule has 2 aliphatic heterocycles. The van der Waals surface area contributed by atoms with Gasteiger partial charge >= 0.3 is 5.69 Å². The first kappa shape index (κ1) is 45.0. The molecule has 3 unspecified atom stereocenters. The number of benzene rings is 3. The van der Waals surface area contributed by atoms with Crippen LogP contribution in [0.15, 0.2) is 107 Å². The maximum Gasteiger partial charge on any atom is 0.350 e. The topological polar surface area (TPSA) is 147 Å². The number of nitrogens with zero attached hydrogens (tertiary/aromatic N) is 9. The Labute approximate surface area is 382 Å². The van der Waals surface area contributed by atoms with Gasteiger partial charge in [0.2, 0.25) is 5.79 Å². The SMILES string of the molecule is CCC(C)n1ncn(-c2ccc(N3CCN(c4ccc(OCC5COC(Cn6cncn6)(c6ccc(Cl)cc6Cl)O5)cc4)CC3)cc2)c1=O.Cc1cc(C2CCCCC2)n(O)c(=O)c1. The minimum absolute atomic E-state index is 0.0645. The van der Waals surface area contributed by atoms with Gasteiger partial charge in [-0.25, -0.2) is 23.7 Å². The molecular weight excluding hydrogens is 857 g/mol. The molecule has 3 atom stereocenters. The van der Waals surface area contributed by atoms with Crippen molar-refractivity contribution in [3.8, 4) is 11.4 Å². The van der Waals surface area contributed by atoms with E-state index in [0.29, 0.717) is 34.7 Å². The van der Waals surface area contributed by atoms with Crippen molar-refractivity contribution in [2.75, 3.05) is 49.2 Å². The van der Waals surface area contributed by atoms with Crippen LogP contribution in [0, 0.1) is 6.92 Å². The number of ether oxygens (including phenoxy) is 3. The lowest BCUT2D eigenvalue weighted by Gasteiger charge is -2.37. The van der Waals surface area contributed by atoms with Crippen LogP contribution in [0.5, 0.6) is 5.75 Å². The second-order valence-corrected chi connectivity index (χ2v) is 17.6. The number of hydrogen-bond donors (Lipinski definition) is 1. The molecule has 1 N–H and O–H groups in total. The van der Waals surface area contributed by atoms with Crippen molar-refractivity contribution in [1.29, 1.82) is 0 Å². The molecule has 3 aliphatic rings. The summed E-state index contributed by atoms with van der Waals surface area (Å²) in [5.74, 6) is -0.0525. The number of rotatable bonds is 12. The number of anilines is 2. The maximum absolute atomic E-state index is 12.8. The monoisotopic (exact) mass is 911 g/mol. The number of halogens is 2. The molecule has 5 heterocycles. The largest absolute Gasteiger partial charge is 0.491 e. The first-order valence-corrected chi connectivity index (χ1v) is 22.8. The van der Waals surface area contributed by atoms with Crippen LogP contribution in [0.3, 0.4) is 0 Å². The van der Waals surface area contributed by atoms with Crippen LogP contribution in [0.1, 0.15) is 81.2 Å². The van der Waals surface area contributed by atoms with Crippen LogP contribution in [0.4, 0.5) is 11.4 Å². The van der Waals surface area contributed by atoms with Gasteiger partial charge in [0.1, 0.15) is 44.0 Å². The van der Waals surface area contributed by atoms with Gasteiger partial charge in [0.05, 0.1) is 29.1 Å². The molecule has 15 nitrogen and oxygen atoms in total. The zero-order valence-electron chi connectivity index (χ0n) is 36.4. The van der Waals surface area contributed by atoms with Crippen molar-refractivity contribution in [2.45, 2.75) is 89.7 Å². The van der Waals surface area contributed by atoms with Crippen LogP contribution in [-0.4, -0.2) is 84.5 Å². The van der Waals surface area contributed by atoms with E-state index < -0.39 is 5.79 Å². The minimum atomic E-state index is -1.16. The van der Waals surface area contributed by atoms with Gasteiger partial charge in [-0.2, -0.15) is 14.9 Å². The van der Waals surface area contributed by atoms with Crippen LogP contribution in [0.2, 0.25) is 10.0 Å². The number of aromatic nitrogens is 7. The summed E-state index contributed by atoms with van der Waals surface area (Å²) in [6.45, 7) is 10.4. The molecule has 0 bridgehead atoms. The Hall–Kier alpha value is -5.61. The fourth-order valence-corrected chi connectivity index (χ4v) is 9.20. The molecule has 17 heteroatoms. The van der Waals surface area contributed by atoms with Gasteiger partial charge in [-0.05, 0) is 105 Å². The molecule has 3 aromatic heterocycles. The van der Waals surface area contributed by atoms with Crippen LogP contribution in [-0.2, 0) is 21.8 Å². The summed E-state index contributed by atoms with van der Waals surface area (Å²) in [6.07, 6.45) is 11.0. The van der Waals surface area contributed by atoms with E-state index in [0.717, 1.165) is 84.2 Å².